The Balaban J connectivity index is 2.12. The first-order valence-corrected chi connectivity index (χ1v) is 7.00. The van der Waals surface area contributed by atoms with Crippen molar-refractivity contribution in [2.75, 3.05) is 25.1 Å². The van der Waals surface area contributed by atoms with Crippen LogP contribution in [0.5, 0.6) is 0 Å². The van der Waals surface area contributed by atoms with Crippen molar-refractivity contribution in [2.24, 2.45) is 10.9 Å². The summed E-state index contributed by atoms with van der Waals surface area (Å²) in [5, 5.41) is 11.7. The molecule has 0 bridgehead atoms. The molecule has 19 heavy (non-hydrogen) atoms. The van der Waals surface area contributed by atoms with Gasteiger partial charge in [0.25, 0.3) is 0 Å². The molecule has 0 spiro atoms. The van der Waals surface area contributed by atoms with E-state index in [9.17, 15) is 0 Å². The van der Waals surface area contributed by atoms with Crippen LogP contribution in [0.4, 0.5) is 5.69 Å². The first kappa shape index (κ1) is 14.1. The van der Waals surface area contributed by atoms with Gasteiger partial charge in [-0.1, -0.05) is 5.16 Å². The van der Waals surface area contributed by atoms with Crippen LogP contribution in [0.2, 0.25) is 0 Å². The quantitative estimate of drug-likeness (QED) is 0.386. The van der Waals surface area contributed by atoms with Crippen molar-refractivity contribution in [3.8, 4) is 0 Å². The van der Waals surface area contributed by atoms with Crippen molar-refractivity contribution in [1.82, 2.24) is 0 Å². The van der Waals surface area contributed by atoms with Crippen LogP contribution < -0.4 is 10.6 Å². The van der Waals surface area contributed by atoms with Crippen LogP contribution in [0.1, 0.15) is 18.4 Å². The van der Waals surface area contributed by atoms with Crippen molar-refractivity contribution in [3.05, 3.63) is 28.2 Å². The Hall–Kier alpha value is -1.27. The van der Waals surface area contributed by atoms with Crippen molar-refractivity contribution in [2.45, 2.75) is 18.9 Å². The number of oxime groups is 1. The molecule has 1 saturated heterocycles. The molecule has 6 heteroatoms. The number of halogens is 1. The largest absolute Gasteiger partial charge is 0.409 e. The Morgan fingerprint density at radius 3 is 2.68 bits per heavy atom. The average Bonchev–Trinajstić information content (AvgIpc) is 2.46. The topological polar surface area (TPSA) is 71.1 Å². The summed E-state index contributed by atoms with van der Waals surface area (Å²) < 4.78 is 6.20. The standard InChI is InChI=1S/C13H18BrN3O2/c1-19-10-4-6-17(7-5-10)9-2-3-11(12(14)8-9)13(15)16-18/h2-3,8,10,18H,4-7H2,1H3,(H2,15,16). The molecule has 1 aromatic carbocycles. The van der Waals surface area contributed by atoms with Crippen LogP contribution in [0, 0.1) is 0 Å². The number of piperidine rings is 1. The molecule has 1 fully saturated rings. The summed E-state index contributed by atoms with van der Waals surface area (Å²) in [6.07, 6.45) is 2.45. The minimum absolute atomic E-state index is 0.108. The molecule has 0 aliphatic carbocycles. The zero-order chi connectivity index (χ0) is 13.8. The van der Waals surface area contributed by atoms with Crippen LogP contribution in [0.3, 0.4) is 0 Å². The number of amidine groups is 1. The third kappa shape index (κ3) is 3.19. The van der Waals surface area contributed by atoms with Crippen molar-refractivity contribution in [1.29, 1.82) is 0 Å². The third-order valence-electron chi connectivity index (χ3n) is 3.48. The molecule has 104 valence electrons. The second-order valence-corrected chi connectivity index (χ2v) is 5.43. The summed E-state index contributed by atoms with van der Waals surface area (Å²) in [7, 11) is 1.77. The minimum atomic E-state index is 0.108. The molecule has 0 atom stereocenters. The van der Waals surface area contributed by atoms with Gasteiger partial charge in [-0.3, -0.25) is 0 Å². The molecule has 0 aromatic heterocycles. The number of ether oxygens (including phenoxy) is 1. The molecule has 1 aliphatic heterocycles. The van der Waals surface area contributed by atoms with E-state index in [4.69, 9.17) is 15.7 Å². The predicted octanol–water partition coefficient (Wildman–Crippen LogP) is 2.16. The van der Waals surface area contributed by atoms with Gasteiger partial charge in [-0.15, -0.1) is 0 Å². The SMILES string of the molecule is COC1CCN(c2ccc(/C(N)=N/O)c(Br)c2)CC1. The summed E-state index contributed by atoms with van der Waals surface area (Å²) in [4.78, 5) is 2.32. The molecule has 0 saturated carbocycles. The van der Waals surface area contributed by atoms with Gasteiger partial charge in [-0.25, -0.2) is 0 Å². The lowest BCUT2D eigenvalue weighted by Gasteiger charge is -2.33. The monoisotopic (exact) mass is 327 g/mol. The average molecular weight is 328 g/mol. The summed E-state index contributed by atoms with van der Waals surface area (Å²) in [5.41, 5.74) is 7.43. The van der Waals surface area contributed by atoms with Crippen molar-refractivity contribution >= 4 is 27.5 Å². The fraction of sp³-hybridized carbons (Fsp3) is 0.462. The van der Waals surface area contributed by atoms with Crippen LogP contribution >= 0.6 is 15.9 Å². The van der Waals surface area contributed by atoms with Gasteiger partial charge in [0.15, 0.2) is 5.84 Å². The van der Waals surface area contributed by atoms with E-state index in [0.29, 0.717) is 11.7 Å². The Morgan fingerprint density at radius 2 is 2.16 bits per heavy atom. The first-order chi connectivity index (χ1) is 9.15. The maximum absolute atomic E-state index is 8.70. The molecular weight excluding hydrogens is 310 g/mol. The molecular formula is C13H18BrN3O2. The second-order valence-electron chi connectivity index (χ2n) is 4.57. The van der Waals surface area contributed by atoms with Crippen LogP contribution in [-0.2, 0) is 4.74 Å². The first-order valence-electron chi connectivity index (χ1n) is 6.21. The maximum atomic E-state index is 8.70. The van der Waals surface area contributed by atoms with Gasteiger partial charge in [0.05, 0.1) is 6.10 Å². The Labute approximate surface area is 121 Å². The number of methoxy groups -OCH3 is 1. The van der Waals surface area contributed by atoms with E-state index in [0.717, 1.165) is 36.1 Å². The van der Waals surface area contributed by atoms with E-state index < -0.39 is 0 Å². The van der Waals surface area contributed by atoms with Crippen LogP contribution in [-0.4, -0.2) is 37.3 Å². The van der Waals surface area contributed by atoms with Crippen LogP contribution in [0.15, 0.2) is 27.8 Å². The van der Waals surface area contributed by atoms with E-state index in [2.05, 4.69) is 26.0 Å². The normalized spacial score (nSPS) is 17.8. The highest BCUT2D eigenvalue weighted by Crippen LogP contribution is 2.26. The van der Waals surface area contributed by atoms with Gasteiger partial charge in [0, 0.05) is 35.9 Å². The Bertz CT molecular complexity index is 471. The molecule has 2 rings (SSSR count). The third-order valence-corrected chi connectivity index (χ3v) is 4.13. The highest BCUT2D eigenvalue weighted by atomic mass is 79.9. The highest BCUT2D eigenvalue weighted by molar-refractivity contribution is 9.10. The van der Waals surface area contributed by atoms with E-state index in [1.54, 1.807) is 7.11 Å². The molecule has 0 unspecified atom stereocenters. The lowest BCUT2D eigenvalue weighted by atomic mass is 10.1. The van der Waals surface area contributed by atoms with E-state index in [-0.39, 0.29) is 5.84 Å². The molecule has 0 radical (unpaired) electrons. The van der Waals surface area contributed by atoms with E-state index in [1.165, 1.54) is 0 Å². The van der Waals surface area contributed by atoms with E-state index >= 15 is 0 Å². The summed E-state index contributed by atoms with van der Waals surface area (Å²) in [6, 6.07) is 5.85. The molecule has 0 amide bonds. The molecule has 1 aromatic rings. The predicted molar refractivity (Wildman–Crippen MR) is 78.9 cm³/mol. The number of benzene rings is 1. The van der Waals surface area contributed by atoms with E-state index in [1.807, 2.05) is 18.2 Å². The molecule has 3 N–H and O–H groups in total. The van der Waals surface area contributed by atoms with Gasteiger partial charge in [0.1, 0.15) is 0 Å². The minimum Gasteiger partial charge on any atom is -0.409 e. The van der Waals surface area contributed by atoms with Gasteiger partial charge in [-0.2, -0.15) is 0 Å². The zero-order valence-electron chi connectivity index (χ0n) is 10.8. The second kappa shape index (κ2) is 6.25. The number of nitrogens with two attached hydrogens (primary N) is 1. The fourth-order valence-electron chi connectivity index (χ4n) is 2.31. The molecule has 1 heterocycles. The summed E-state index contributed by atoms with van der Waals surface area (Å²) >= 11 is 3.46. The van der Waals surface area contributed by atoms with Crippen molar-refractivity contribution < 1.29 is 9.94 Å². The van der Waals surface area contributed by atoms with Gasteiger partial charge in [-0.05, 0) is 47.0 Å². The van der Waals surface area contributed by atoms with Gasteiger partial charge < -0.3 is 20.6 Å². The number of rotatable bonds is 3. The van der Waals surface area contributed by atoms with Crippen molar-refractivity contribution in [3.63, 3.8) is 0 Å². The smallest absolute Gasteiger partial charge is 0.171 e. The Kier molecular flexibility index (Phi) is 4.66. The number of hydrogen-bond acceptors (Lipinski definition) is 4. The summed E-state index contributed by atoms with van der Waals surface area (Å²) in [6.45, 7) is 1.96. The molecule has 5 nitrogen and oxygen atoms in total. The lowest BCUT2D eigenvalue weighted by Crippen LogP contribution is -2.36. The number of nitrogens with zero attached hydrogens (tertiary/aromatic N) is 2. The van der Waals surface area contributed by atoms with Gasteiger partial charge >= 0.3 is 0 Å². The lowest BCUT2D eigenvalue weighted by molar-refractivity contribution is 0.0819. The maximum Gasteiger partial charge on any atom is 0.171 e. The fourth-order valence-corrected chi connectivity index (χ4v) is 2.88. The molecule has 1 aliphatic rings. The zero-order valence-corrected chi connectivity index (χ0v) is 12.4. The van der Waals surface area contributed by atoms with Gasteiger partial charge in [0.2, 0.25) is 0 Å². The number of hydrogen-bond donors (Lipinski definition) is 2. The van der Waals surface area contributed by atoms with Crippen LogP contribution in [0.25, 0.3) is 0 Å². The Morgan fingerprint density at radius 1 is 1.47 bits per heavy atom. The number of anilines is 1. The summed E-state index contributed by atoms with van der Waals surface area (Å²) in [5.74, 6) is 0.108. The highest BCUT2D eigenvalue weighted by Gasteiger charge is 2.19.